The van der Waals surface area contributed by atoms with Crippen molar-refractivity contribution in [2.75, 3.05) is 0 Å². The van der Waals surface area contributed by atoms with Crippen LogP contribution in [0.4, 0.5) is 13.2 Å². The van der Waals surface area contributed by atoms with Crippen LogP contribution in [0.2, 0.25) is 0 Å². The average molecular weight is 338 g/mol. The molecule has 4 nitrogen and oxygen atoms in total. The van der Waals surface area contributed by atoms with Gasteiger partial charge in [0.15, 0.2) is 5.78 Å². The quantitative estimate of drug-likeness (QED) is 0.801. The molecule has 0 unspecified atom stereocenters. The first kappa shape index (κ1) is 16.5. The van der Waals surface area contributed by atoms with E-state index in [4.69, 9.17) is 0 Å². The maximum absolute atomic E-state index is 12.8. The monoisotopic (exact) mass is 338 g/mol. The topological polar surface area (TPSA) is 44.0 Å². The Bertz CT molecular complexity index is 858. The van der Waals surface area contributed by atoms with Gasteiger partial charge in [-0.1, -0.05) is 0 Å². The van der Waals surface area contributed by atoms with Crippen LogP contribution in [0.15, 0.2) is 29.2 Å². The SMILES string of the molecule is Cc1cc(C(=O)Cn2cc(C(F)(F)F)ccc2=O)c(C)n1C1CC1. The number of nitrogens with zero attached hydrogens (tertiary/aromatic N) is 2. The molecule has 24 heavy (non-hydrogen) atoms. The summed E-state index contributed by atoms with van der Waals surface area (Å²) < 4.78 is 41.2. The molecular formula is C17H17F3N2O2. The number of hydrogen-bond donors (Lipinski definition) is 0. The average Bonchev–Trinajstić information content (AvgIpc) is 3.26. The zero-order valence-corrected chi connectivity index (χ0v) is 13.4. The second-order valence-corrected chi connectivity index (χ2v) is 6.19. The minimum Gasteiger partial charge on any atom is -0.345 e. The van der Waals surface area contributed by atoms with Crippen LogP contribution in [0.25, 0.3) is 0 Å². The van der Waals surface area contributed by atoms with E-state index in [0.29, 0.717) is 17.8 Å². The first-order chi connectivity index (χ1) is 11.2. The van der Waals surface area contributed by atoms with Gasteiger partial charge >= 0.3 is 6.18 Å². The summed E-state index contributed by atoms with van der Waals surface area (Å²) in [6.07, 6.45) is -1.73. The molecule has 1 fully saturated rings. The Kier molecular flexibility index (Phi) is 3.89. The van der Waals surface area contributed by atoms with Crippen LogP contribution in [0.1, 0.15) is 46.2 Å². The molecule has 0 atom stereocenters. The molecule has 2 aromatic heterocycles. The zero-order valence-electron chi connectivity index (χ0n) is 13.4. The minimum absolute atomic E-state index is 0.364. The first-order valence-corrected chi connectivity index (χ1v) is 7.68. The van der Waals surface area contributed by atoms with Crippen LogP contribution in [-0.2, 0) is 12.7 Å². The van der Waals surface area contributed by atoms with Gasteiger partial charge < -0.3 is 9.13 Å². The maximum atomic E-state index is 12.8. The van der Waals surface area contributed by atoms with Crippen molar-refractivity contribution in [2.24, 2.45) is 0 Å². The van der Waals surface area contributed by atoms with E-state index < -0.39 is 23.8 Å². The van der Waals surface area contributed by atoms with Crippen LogP contribution in [0, 0.1) is 13.8 Å². The molecule has 1 aliphatic rings. The Labute approximate surface area is 136 Å². The highest BCUT2D eigenvalue weighted by atomic mass is 19.4. The van der Waals surface area contributed by atoms with Crippen molar-refractivity contribution >= 4 is 5.78 Å². The summed E-state index contributed by atoms with van der Waals surface area (Å²) in [5, 5.41) is 0. The Balaban J connectivity index is 1.91. The number of aryl methyl sites for hydroxylation is 1. The summed E-state index contributed by atoms with van der Waals surface area (Å²) in [5.74, 6) is -0.364. The molecule has 2 heterocycles. The van der Waals surface area contributed by atoms with Gasteiger partial charge in [0.2, 0.25) is 0 Å². The lowest BCUT2D eigenvalue weighted by molar-refractivity contribution is -0.138. The van der Waals surface area contributed by atoms with Crippen LogP contribution in [-0.4, -0.2) is 14.9 Å². The predicted octanol–water partition coefficient (Wildman–Crippen LogP) is 3.50. The van der Waals surface area contributed by atoms with Crippen molar-refractivity contribution in [1.82, 2.24) is 9.13 Å². The van der Waals surface area contributed by atoms with Crippen molar-refractivity contribution in [3.8, 4) is 0 Å². The molecule has 3 rings (SSSR count). The molecule has 0 saturated heterocycles. The van der Waals surface area contributed by atoms with E-state index >= 15 is 0 Å². The van der Waals surface area contributed by atoms with E-state index in [-0.39, 0.29) is 5.78 Å². The lowest BCUT2D eigenvalue weighted by atomic mass is 10.1. The first-order valence-electron chi connectivity index (χ1n) is 7.68. The Morgan fingerprint density at radius 1 is 1.25 bits per heavy atom. The number of hydrogen-bond acceptors (Lipinski definition) is 2. The van der Waals surface area contributed by atoms with Crippen molar-refractivity contribution in [2.45, 2.75) is 45.5 Å². The van der Waals surface area contributed by atoms with Crippen LogP contribution in [0.5, 0.6) is 0 Å². The van der Waals surface area contributed by atoms with Crippen LogP contribution < -0.4 is 5.56 Å². The predicted molar refractivity (Wildman–Crippen MR) is 82.2 cm³/mol. The summed E-state index contributed by atoms with van der Waals surface area (Å²) in [7, 11) is 0. The highest BCUT2D eigenvalue weighted by Crippen LogP contribution is 2.38. The van der Waals surface area contributed by atoms with Gasteiger partial charge in [0.05, 0.1) is 12.1 Å². The highest BCUT2D eigenvalue weighted by Gasteiger charge is 2.31. The number of Topliss-reactive ketones (excluding diaryl/α,β-unsaturated/α-hetero) is 1. The second-order valence-electron chi connectivity index (χ2n) is 6.19. The van der Waals surface area contributed by atoms with Gasteiger partial charge in [0.1, 0.15) is 0 Å². The normalized spacial score (nSPS) is 14.9. The van der Waals surface area contributed by atoms with Gasteiger partial charge in [-0.15, -0.1) is 0 Å². The molecule has 7 heteroatoms. The largest absolute Gasteiger partial charge is 0.417 e. The number of aromatic nitrogens is 2. The van der Waals surface area contributed by atoms with Crippen molar-refractivity contribution in [3.63, 3.8) is 0 Å². The summed E-state index contributed by atoms with van der Waals surface area (Å²) in [6, 6.07) is 3.71. The van der Waals surface area contributed by atoms with E-state index in [1.54, 1.807) is 6.07 Å². The number of alkyl halides is 3. The lowest BCUT2D eigenvalue weighted by Gasteiger charge is -2.11. The fourth-order valence-electron chi connectivity index (χ4n) is 3.02. The van der Waals surface area contributed by atoms with Crippen molar-refractivity contribution in [1.29, 1.82) is 0 Å². The third-order valence-corrected chi connectivity index (χ3v) is 4.32. The summed E-state index contributed by atoms with van der Waals surface area (Å²) >= 11 is 0. The Morgan fingerprint density at radius 3 is 2.50 bits per heavy atom. The van der Waals surface area contributed by atoms with Gasteiger partial charge in [0.25, 0.3) is 5.56 Å². The molecule has 128 valence electrons. The third-order valence-electron chi connectivity index (χ3n) is 4.32. The second kappa shape index (κ2) is 5.65. The van der Waals surface area contributed by atoms with Crippen molar-refractivity contribution in [3.05, 3.63) is 57.3 Å². The maximum Gasteiger partial charge on any atom is 0.417 e. The molecule has 0 aromatic carbocycles. The van der Waals surface area contributed by atoms with Gasteiger partial charge in [0, 0.05) is 35.3 Å². The van der Waals surface area contributed by atoms with E-state index in [2.05, 4.69) is 4.57 Å². The van der Waals surface area contributed by atoms with Crippen LogP contribution in [0.3, 0.4) is 0 Å². The van der Waals surface area contributed by atoms with Gasteiger partial charge in [-0.05, 0) is 38.8 Å². The van der Waals surface area contributed by atoms with E-state index in [9.17, 15) is 22.8 Å². The number of carbonyl (C=O) groups excluding carboxylic acids is 1. The molecule has 0 N–H and O–H groups in total. The molecular weight excluding hydrogens is 321 g/mol. The molecule has 1 saturated carbocycles. The summed E-state index contributed by atoms with van der Waals surface area (Å²) in [5.41, 5.74) is 0.643. The summed E-state index contributed by atoms with van der Waals surface area (Å²) in [6.45, 7) is 3.32. The molecule has 0 spiro atoms. The van der Waals surface area contributed by atoms with Crippen LogP contribution >= 0.6 is 0 Å². The lowest BCUT2D eigenvalue weighted by Crippen LogP contribution is -2.25. The van der Waals surface area contributed by atoms with Crippen molar-refractivity contribution < 1.29 is 18.0 Å². The van der Waals surface area contributed by atoms with Gasteiger partial charge in [-0.3, -0.25) is 9.59 Å². The number of ketones is 1. The fraction of sp³-hybridized carbons (Fsp3) is 0.412. The molecule has 0 amide bonds. The molecule has 0 bridgehead atoms. The number of halogens is 3. The smallest absolute Gasteiger partial charge is 0.345 e. The van der Waals surface area contributed by atoms with E-state index in [1.807, 2.05) is 13.8 Å². The Hall–Kier alpha value is -2.31. The highest BCUT2D eigenvalue weighted by molar-refractivity contribution is 5.97. The van der Waals surface area contributed by atoms with E-state index in [0.717, 1.165) is 40.9 Å². The van der Waals surface area contributed by atoms with Gasteiger partial charge in [-0.2, -0.15) is 13.2 Å². The minimum atomic E-state index is -4.56. The molecule has 2 aromatic rings. The number of pyridine rings is 1. The molecule has 0 aliphatic heterocycles. The fourth-order valence-corrected chi connectivity index (χ4v) is 3.02. The molecule has 0 radical (unpaired) electrons. The molecule has 1 aliphatic carbocycles. The Morgan fingerprint density at radius 2 is 1.92 bits per heavy atom. The zero-order chi connectivity index (χ0) is 17.6. The summed E-state index contributed by atoms with van der Waals surface area (Å²) in [4.78, 5) is 24.3. The van der Waals surface area contributed by atoms with E-state index in [1.165, 1.54) is 0 Å². The van der Waals surface area contributed by atoms with Gasteiger partial charge in [-0.25, -0.2) is 0 Å². The number of carbonyl (C=O) groups is 1. The number of rotatable bonds is 4. The standard InChI is InChI=1S/C17H17F3N2O2/c1-10-7-14(11(2)22(10)13-4-5-13)15(23)9-21-8-12(17(18,19)20)3-6-16(21)24/h3,6-8,13H,4-5,9H2,1-2H3. The third kappa shape index (κ3) is 3.02.